The molecule has 0 saturated carbocycles. The highest BCUT2D eigenvalue weighted by atomic mass is 32.2. The number of unbranched alkanes of at least 4 members (excludes halogenated alkanes) is 1. The number of anilines is 1. The Morgan fingerprint density at radius 2 is 1.95 bits per heavy atom. The van der Waals surface area contributed by atoms with Crippen molar-refractivity contribution in [1.82, 2.24) is 9.71 Å². The SMILES string of the molecule is CCCCC(CCC)NS(=O)(=O)c1ccc(NC)nc1. The van der Waals surface area contributed by atoms with Gasteiger partial charge in [-0.15, -0.1) is 0 Å². The molecule has 6 heteroatoms. The maximum absolute atomic E-state index is 12.3. The minimum Gasteiger partial charge on any atom is -0.373 e. The van der Waals surface area contributed by atoms with Crippen LogP contribution >= 0.6 is 0 Å². The molecule has 1 heterocycles. The van der Waals surface area contributed by atoms with Gasteiger partial charge in [0.1, 0.15) is 10.7 Å². The third-order valence-electron chi connectivity index (χ3n) is 3.17. The van der Waals surface area contributed by atoms with Crippen molar-refractivity contribution >= 4 is 15.8 Å². The molecule has 1 aromatic rings. The number of hydrogen-bond donors (Lipinski definition) is 2. The Balaban J connectivity index is 2.79. The van der Waals surface area contributed by atoms with Crippen LogP contribution in [0.1, 0.15) is 46.0 Å². The molecule has 0 amide bonds. The molecule has 2 N–H and O–H groups in total. The summed E-state index contributed by atoms with van der Waals surface area (Å²) in [5, 5.41) is 2.87. The van der Waals surface area contributed by atoms with E-state index in [0.29, 0.717) is 5.82 Å². The molecule has 5 nitrogen and oxygen atoms in total. The van der Waals surface area contributed by atoms with E-state index >= 15 is 0 Å². The number of aromatic nitrogens is 1. The standard InChI is InChI=1S/C14H25N3O2S/c1-4-6-8-12(7-5-2)17-20(18,19)13-9-10-14(15-3)16-11-13/h9-12,17H,4-8H2,1-3H3,(H,15,16). The van der Waals surface area contributed by atoms with E-state index in [1.165, 1.54) is 6.20 Å². The van der Waals surface area contributed by atoms with Gasteiger partial charge >= 0.3 is 0 Å². The lowest BCUT2D eigenvalue weighted by atomic mass is 10.1. The average Bonchev–Trinajstić information content (AvgIpc) is 2.45. The first-order chi connectivity index (χ1) is 9.53. The maximum Gasteiger partial charge on any atom is 0.242 e. The fourth-order valence-electron chi connectivity index (χ4n) is 2.04. The fourth-order valence-corrected chi connectivity index (χ4v) is 3.29. The molecule has 0 radical (unpaired) electrons. The zero-order valence-electron chi connectivity index (χ0n) is 12.5. The van der Waals surface area contributed by atoms with E-state index in [1.807, 2.05) is 0 Å². The Morgan fingerprint density at radius 3 is 2.45 bits per heavy atom. The zero-order chi connectivity index (χ0) is 15.0. The van der Waals surface area contributed by atoms with Gasteiger partial charge in [0.2, 0.25) is 10.0 Å². The van der Waals surface area contributed by atoms with E-state index in [4.69, 9.17) is 0 Å². The number of rotatable bonds is 9. The van der Waals surface area contributed by atoms with Gasteiger partial charge in [0.15, 0.2) is 0 Å². The van der Waals surface area contributed by atoms with Crippen molar-refractivity contribution in [2.45, 2.75) is 56.9 Å². The fraction of sp³-hybridized carbons (Fsp3) is 0.643. The summed E-state index contributed by atoms with van der Waals surface area (Å²) in [6.07, 6.45) is 6.20. The molecule has 0 saturated heterocycles. The predicted molar refractivity (Wildman–Crippen MR) is 82.3 cm³/mol. The molecule has 1 atom stereocenters. The van der Waals surface area contributed by atoms with Crippen molar-refractivity contribution in [1.29, 1.82) is 0 Å². The number of nitrogens with one attached hydrogen (secondary N) is 2. The highest BCUT2D eigenvalue weighted by Crippen LogP contribution is 2.14. The van der Waals surface area contributed by atoms with Gasteiger partial charge in [0.05, 0.1) is 0 Å². The van der Waals surface area contributed by atoms with Crippen LogP contribution in [0.3, 0.4) is 0 Å². The van der Waals surface area contributed by atoms with Crippen molar-refractivity contribution in [3.8, 4) is 0 Å². The third kappa shape index (κ3) is 5.09. The second kappa shape index (κ2) is 8.21. The monoisotopic (exact) mass is 299 g/mol. The summed E-state index contributed by atoms with van der Waals surface area (Å²) in [5.41, 5.74) is 0. The lowest BCUT2D eigenvalue weighted by Crippen LogP contribution is -2.34. The van der Waals surface area contributed by atoms with Crippen molar-refractivity contribution in [3.63, 3.8) is 0 Å². The van der Waals surface area contributed by atoms with Crippen LogP contribution in [0, 0.1) is 0 Å². The molecule has 1 aromatic heterocycles. The summed E-state index contributed by atoms with van der Waals surface area (Å²) < 4.78 is 27.4. The summed E-state index contributed by atoms with van der Waals surface area (Å²) in [6.45, 7) is 4.18. The molecule has 0 bridgehead atoms. The average molecular weight is 299 g/mol. The van der Waals surface area contributed by atoms with E-state index in [-0.39, 0.29) is 10.9 Å². The van der Waals surface area contributed by atoms with Crippen LogP contribution in [-0.4, -0.2) is 26.5 Å². The zero-order valence-corrected chi connectivity index (χ0v) is 13.3. The molecule has 0 aliphatic heterocycles. The minimum atomic E-state index is -3.48. The van der Waals surface area contributed by atoms with Gasteiger partial charge in [-0.05, 0) is 25.0 Å². The Hall–Kier alpha value is -1.14. The van der Waals surface area contributed by atoms with Gasteiger partial charge in [-0.25, -0.2) is 18.1 Å². The number of pyridine rings is 1. The van der Waals surface area contributed by atoms with Crippen molar-refractivity contribution < 1.29 is 8.42 Å². The first kappa shape index (κ1) is 16.9. The molecule has 114 valence electrons. The highest BCUT2D eigenvalue weighted by molar-refractivity contribution is 7.89. The molecular formula is C14H25N3O2S. The van der Waals surface area contributed by atoms with Crippen LogP contribution in [0.4, 0.5) is 5.82 Å². The molecule has 1 unspecified atom stereocenters. The van der Waals surface area contributed by atoms with E-state index in [1.54, 1.807) is 19.2 Å². The van der Waals surface area contributed by atoms with Crippen molar-refractivity contribution in [2.24, 2.45) is 0 Å². The number of hydrogen-bond acceptors (Lipinski definition) is 4. The lowest BCUT2D eigenvalue weighted by molar-refractivity contribution is 0.483. The third-order valence-corrected chi connectivity index (χ3v) is 4.67. The minimum absolute atomic E-state index is 0.00827. The van der Waals surface area contributed by atoms with Crippen LogP contribution in [-0.2, 0) is 10.0 Å². The van der Waals surface area contributed by atoms with Crippen LogP contribution in [0.15, 0.2) is 23.2 Å². The first-order valence-electron chi connectivity index (χ1n) is 7.19. The summed E-state index contributed by atoms with van der Waals surface area (Å²) in [7, 11) is -1.73. The van der Waals surface area contributed by atoms with E-state index in [0.717, 1.165) is 32.1 Å². The largest absolute Gasteiger partial charge is 0.373 e. The quantitative estimate of drug-likeness (QED) is 0.735. The van der Waals surface area contributed by atoms with Crippen LogP contribution in [0.25, 0.3) is 0 Å². The van der Waals surface area contributed by atoms with Gasteiger partial charge < -0.3 is 5.32 Å². The van der Waals surface area contributed by atoms with Gasteiger partial charge in [0.25, 0.3) is 0 Å². The molecule has 1 rings (SSSR count). The summed E-state index contributed by atoms with van der Waals surface area (Å²) in [4.78, 5) is 4.27. The molecule has 0 spiro atoms. The molecular weight excluding hydrogens is 274 g/mol. The molecule has 20 heavy (non-hydrogen) atoms. The van der Waals surface area contributed by atoms with Gasteiger partial charge in [-0.1, -0.05) is 33.1 Å². The Morgan fingerprint density at radius 1 is 1.20 bits per heavy atom. The first-order valence-corrected chi connectivity index (χ1v) is 8.68. The van der Waals surface area contributed by atoms with Gasteiger partial charge in [-0.2, -0.15) is 0 Å². The summed E-state index contributed by atoms with van der Waals surface area (Å²) in [5.74, 6) is 0.653. The number of sulfonamides is 1. The smallest absolute Gasteiger partial charge is 0.242 e. The molecule has 0 fully saturated rings. The highest BCUT2D eigenvalue weighted by Gasteiger charge is 2.19. The Labute approximate surface area is 122 Å². The second-order valence-electron chi connectivity index (χ2n) is 4.88. The number of nitrogens with zero attached hydrogens (tertiary/aromatic N) is 1. The van der Waals surface area contributed by atoms with E-state index in [2.05, 4.69) is 28.9 Å². The van der Waals surface area contributed by atoms with Crippen LogP contribution in [0.2, 0.25) is 0 Å². The van der Waals surface area contributed by atoms with Gasteiger partial charge in [-0.3, -0.25) is 0 Å². The van der Waals surface area contributed by atoms with E-state index in [9.17, 15) is 8.42 Å². The summed E-state index contributed by atoms with van der Waals surface area (Å²) >= 11 is 0. The Kier molecular flexibility index (Phi) is 6.95. The molecule has 0 aliphatic carbocycles. The Bertz CT molecular complexity index is 486. The maximum atomic E-state index is 12.3. The topological polar surface area (TPSA) is 71.1 Å². The van der Waals surface area contributed by atoms with Crippen molar-refractivity contribution in [3.05, 3.63) is 18.3 Å². The lowest BCUT2D eigenvalue weighted by Gasteiger charge is -2.17. The molecule has 0 aromatic carbocycles. The van der Waals surface area contributed by atoms with Crippen LogP contribution < -0.4 is 10.0 Å². The van der Waals surface area contributed by atoms with Crippen LogP contribution in [0.5, 0.6) is 0 Å². The predicted octanol–water partition coefficient (Wildman–Crippen LogP) is 2.76. The summed E-state index contributed by atoms with van der Waals surface area (Å²) in [6, 6.07) is 3.24. The van der Waals surface area contributed by atoms with E-state index < -0.39 is 10.0 Å². The molecule has 0 aliphatic rings. The van der Waals surface area contributed by atoms with Gasteiger partial charge in [0, 0.05) is 19.3 Å². The normalized spacial score (nSPS) is 13.2. The second-order valence-corrected chi connectivity index (χ2v) is 6.59. The van der Waals surface area contributed by atoms with Crippen molar-refractivity contribution in [2.75, 3.05) is 12.4 Å².